The first-order chi connectivity index (χ1) is 9.57. The second kappa shape index (κ2) is 6.70. The lowest BCUT2D eigenvalue weighted by molar-refractivity contribution is -0.136. The third-order valence-electron chi connectivity index (χ3n) is 4.10. The number of hydrogen-bond acceptors (Lipinski definition) is 4. The summed E-state index contributed by atoms with van der Waals surface area (Å²) >= 11 is 1.76. The van der Waals surface area contributed by atoms with Crippen molar-refractivity contribution in [2.24, 2.45) is 5.41 Å². The molecule has 1 aromatic rings. The van der Waals surface area contributed by atoms with Crippen LogP contribution in [0.1, 0.15) is 28.2 Å². The summed E-state index contributed by atoms with van der Waals surface area (Å²) < 4.78 is 5.30. The molecule has 1 fully saturated rings. The van der Waals surface area contributed by atoms with Crippen molar-refractivity contribution in [2.45, 2.75) is 33.2 Å². The number of thiophene rings is 1. The lowest BCUT2D eigenvalue weighted by Gasteiger charge is -2.35. The summed E-state index contributed by atoms with van der Waals surface area (Å²) in [5, 5.41) is 6.40. The van der Waals surface area contributed by atoms with Crippen molar-refractivity contribution in [3.05, 3.63) is 21.4 Å². The number of hydrogen-bond donors (Lipinski definition) is 2. The standard InChI is InChI=1S/C15H24N2O2S/c1-11-8-13(20-12(11)2)9-17-14(18)15(10-19-3)4-6-16-7-5-15/h8,16H,4-7,9-10H2,1-3H3,(H,17,18). The number of ether oxygens (including phenoxy) is 1. The number of carbonyl (C=O) groups excluding carboxylic acids is 1. The van der Waals surface area contributed by atoms with Crippen molar-refractivity contribution in [3.8, 4) is 0 Å². The SMILES string of the molecule is COCC1(C(=O)NCc2cc(C)c(C)s2)CCNCC1. The van der Waals surface area contributed by atoms with E-state index in [0.29, 0.717) is 13.2 Å². The van der Waals surface area contributed by atoms with Gasteiger partial charge in [0.15, 0.2) is 0 Å². The van der Waals surface area contributed by atoms with Gasteiger partial charge in [-0.25, -0.2) is 0 Å². The maximum atomic E-state index is 12.6. The molecule has 0 saturated carbocycles. The van der Waals surface area contributed by atoms with Crippen molar-refractivity contribution < 1.29 is 9.53 Å². The van der Waals surface area contributed by atoms with Gasteiger partial charge in [0.1, 0.15) is 0 Å². The molecule has 1 amide bonds. The van der Waals surface area contributed by atoms with E-state index in [1.165, 1.54) is 15.3 Å². The van der Waals surface area contributed by atoms with Crippen LogP contribution >= 0.6 is 11.3 Å². The highest BCUT2D eigenvalue weighted by molar-refractivity contribution is 7.12. The average molecular weight is 296 g/mol. The summed E-state index contributed by atoms with van der Waals surface area (Å²) in [4.78, 5) is 15.1. The minimum Gasteiger partial charge on any atom is -0.384 e. The highest BCUT2D eigenvalue weighted by Crippen LogP contribution is 2.30. The highest BCUT2D eigenvalue weighted by atomic mass is 32.1. The molecular weight excluding hydrogens is 272 g/mol. The van der Waals surface area contributed by atoms with E-state index in [0.717, 1.165) is 25.9 Å². The summed E-state index contributed by atoms with van der Waals surface area (Å²) in [6.45, 7) is 7.11. The Morgan fingerprint density at radius 1 is 1.45 bits per heavy atom. The number of amides is 1. The van der Waals surface area contributed by atoms with Crippen LogP contribution in [0.25, 0.3) is 0 Å². The summed E-state index contributed by atoms with van der Waals surface area (Å²) in [7, 11) is 1.67. The second-order valence-corrected chi connectivity index (χ2v) is 6.94. The number of nitrogens with one attached hydrogen (secondary N) is 2. The zero-order valence-corrected chi connectivity index (χ0v) is 13.4. The van der Waals surface area contributed by atoms with Crippen molar-refractivity contribution in [1.29, 1.82) is 0 Å². The van der Waals surface area contributed by atoms with E-state index >= 15 is 0 Å². The van der Waals surface area contributed by atoms with E-state index in [2.05, 4.69) is 30.5 Å². The van der Waals surface area contributed by atoms with Crippen LogP contribution in [0.2, 0.25) is 0 Å². The van der Waals surface area contributed by atoms with Crippen molar-refractivity contribution in [1.82, 2.24) is 10.6 Å². The first-order valence-corrected chi connectivity index (χ1v) is 7.93. The maximum absolute atomic E-state index is 12.6. The maximum Gasteiger partial charge on any atom is 0.228 e. The van der Waals surface area contributed by atoms with Crippen LogP contribution in [0.15, 0.2) is 6.07 Å². The molecule has 1 saturated heterocycles. The van der Waals surface area contributed by atoms with Crippen LogP contribution in [0.5, 0.6) is 0 Å². The zero-order chi connectivity index (χ0) is 14.6. The molecule has 2 heterocycles. The minimum atomic E-state index is -0.360. The van der Waals surface area contributed by atoms with Crippen LogP contribution in [-0.4, -0.2) is 32.7 Å². The predicted molar refractivity (Wildman–Crippen MR) is 82.1 cm³/mol. The van der Waals surface area contributed by atoms with Gasteiger partial charge in [0, 0.05) is 16.9 Å². The lowest BCUT2D eigenvalue weighted by atomic mass is 9.78. The number of carbonyl (C=O) groups is 1. The Morgan fingerprint density at radius 2 is 2.15 bits per heavy atom. The monoisotopic (exact) mass is 296 g/mol. The summed E-state index contributed by atoms with van der Waals surface area (Å²) in [5.74, 6) is 0.129. The Bertz CT molecular complexity index is 439. The minimum absolute atomic E-state index is 0.129. The molecule has 5 heteroatoms. The average Bonchev–Trinajstić information content (AvgIpc) is 2.76. The molecule has 0 aromatic carbocycles. The fraction of sp³-hybridized carbons (Fsp3) is 0.667. The second-order valence-electron chi connectivity index (χ2n) is 5.60. The zero-order valence-electron chi connectivity index (χ0n) is 12.5. The Morgan fingerprint density at radius 3 is 2.70 bits per heavy atom. The third kappa shape index (κ3) is 3.40. The Balaban J connectivity index is 1.98. The Labute approximate surface area is 124 Å². The van der Waals surface area contributed by atoms with Gasteiger partial charge < -0.3 is 15.4 Å². The van der Waals surface area contributed by atoms with Gasteiger partial charge in [-0.2, -0.15) is 0 Å². The fourth-order valence-electron chi connectivity index (χ4n) is 2.71. The van der Waals surface area contributed by atoms with E-state index < -0.39 is 0 Å². The molecule has 0 unspecified atom stereocenters. The molecule has 0 bridgehead atoms. The summed E-state index contributed by atoms with van der Waals surface area (Å²) in [6.07, 6.45) is 1.68. The fourth-order valence-corrected chi connectivity index (χ4v) is 3.70. The molecule has 1 aliphatic heterocycles. The molecule has 112 valence electrons. The van der Waals surface area contributed by atoms with E-state index in [1.807, 2.05) is 0 Å². The smallest absolute Gasteiger partial charge is 0.228 e. The van der Waals surface area contributed by atoms with Crippen LogP contribution in [0.3, 0.4) is 0 Å². The topological polar surface area (TPSA) is 50.4 Å². The molecule has 20 heavy (non-hydrogen) atoms. The molecular formula is C15H24N2O2S. The molecule has 0 spiro atoms. The lowest BCUT2D eigenvalue weighted by Crippen LogP contribution is -2.49. The predicted octanol–water partition coefficient (Wildman–Crippen LogP) is 2.00. The normalized spacial score (nSPS) is 17.9. The number of rotatable bonds is 5. The number of methoxy groups -OCH3 is 1. The number of aryl methyl sites for hydroxylation is 2. The highest BCUT2D eigenvalue weighted by Gasteiger charge is 2.39. The van der Waals surface area contributed by atoms with E-state index in [-0.39, 0.29) is 11.3 Å². The molecule has 0 atom stereocenters. The Hall–Kier alpha value is -0.910. The van der Waals surface area contributed by atoms with Crippen LogP contribution in [-0.2, 0) is 16.1 Å². The largest absolute Gasteiger partial charge is 0.384 e. The molecule has 2 rings (SSSR count). The van der Waals surface area contributed by atoms with E-state index in [1.54, 1.807) is 18.4 Å². The van der Waals surface area contributed by atoms with Gasteiger partial charge in [-0.15, -0.1) is 11.3 Å². The quantitative estimate of drug-likeness (QED) is 0.874. The van der Waals surface area contributed by atoms with Crippen LogP contribution in [0, 0.1) is 19.3 Å². The first kappa shape index (κ1) is 15.5. The first-order valence-electron chi connectivity index (χ1n) is 7.11. The van der Waals surface area contributed by atoms with Gasteiger partial charge in [0.25, 0.3) is 0 Å². The molecule has 4 nitrogen and oxygen atoms in total. The van der Waals surface area contributed by atoms with Crippen molar-refractivity contribution in [2.75, 3.05) is 26.8 Å². The Kier molecular flexibility index (Phi) is 5.18. The van der Waals surface area contributed by atoms with Gasteiger partial charge in [0.05, 0.1) is 18.6 Å². The molecule has 1 aromatic heterocycles. The van der Waals surface area contributed by atoms with Crippen LogP contribution < -0.4 is 10.6 Å². The van der Waals surface area contributed by atoms with E-state index in [4.69, 9.17) is 4.74 Å². The third-order valence-corrected chi connectivity index (χ3v) is 5.26. The van der Waals surface area contributed by atoms with Gasteiger partial charge in [-0.1, -0.05) is 0 Å². The summed E-state index contributed by atoms with van der Waals surface area (Å²) in [5.41, 5.74) is 0.939. The van der Waals surface area contributed by atoms with Gasteiger partial charge in [0.2, 0.25) is 5.91 Å². The van der Waals surface area contributed by atoms with Gasteiger partial charge in [-0.3, -0.25) is 4.79 Å². The molecule has 2 N–H and O–H groups in total. The van der Waals surface area contributed by atoms with Crippen molar-refractivity contribution >= 4 is 17.2 Å². The van der Waals surface area contributed by atoms with Crippen molar-refractivity contribution in [3.63, 3.8) is 0 Å². The molecule has 0 radical (unpaired) electrons. The summed E-state index contributed by atoms with van der Waals surface area (Å²) in [6, 6.07) is 2.16. The van der Waals surface area contributed by atoms with Crippen LogP contribution in [0.4, 0.5) is 0 Å². The number of piperidine rings is 1. The molecule has 1 aliphatic rings. The van der Waals surface area contributed by atoms with Gasteiger partial charge in [-0.05, 0) is 51.4 Å². The molecule has 0 aliphatic carbocycles. The van der Waals surface area contributed by atoms with E-state index in [9.17, 15) is 4.79 Å². The van der Waals surface area contributed by atoms with Gasteiger partial charge >= 0.3 is 0 Å².